The number of hydrogen-bond donors (Lipinski definition) is 2. The van der Waals surface area contributed by atoms with Crippen molar-refractivity contribution in [3.05, 3.63) is 63.7 Å². The van der Waals surface area contributed by atoms with Gasteiger partial charge >= 0.3 is 0 Å². The number of carbonyl (C=O) groups is 2. The van der Waals surface area contributed by atoms with Crippen LogP contribution >= 0.6 is 11.3 Å². The second-order valence-corrected chi connectivity index (χ2v) is 8.83. The van der Waals surface area contributed by atoms with E-state index in [1.807, 2.05) is 25.3 Å². The topological polar surface area (TPSA) is 77.1 Å². The summed E-state index contributed by atoms with van der Waals surface area (Å²) in [5.41, 5.74) is 10.4. The highest BCUT2D eigenvalue weighted by atomic mass is 32.1. The van der Waals surface area contributed by atoms with Crippen molar-refractivity contribution in [3.63, 3.8) is 0 Å². The van der Waals surface area contributed by atoms with E-state index in [0.717, 1.165) is 26.9 Å². The molecule has 0 atom stereocenters. The number of amides is 2. The molecule has 3 rings (SSSR count). The number of hydrogen-bond acceptors (Lipinski definition) is 3. The Kier molecular flexibility index (Phi) is 5.66. The summed E-state index contributed by atoms with van der Waals surface area (Å²) in [7, 11) is 0. The van der Waals surface area contributed by atoms with Crippen LogP contribution in [0.1, 0.15) is 62.2 Å². The molecule has 0 radical (unpaired) electrons. The first-order chi connectivity index (χ1) is 13.7. The van der Waals surface area contributed by atoms with Crippen LogP contribution < -0.4 is 11.1 Å². The number of rotatable bonds is 6. The molecule has 6 heteroatoms. The fraction of sp³-hybridized carbons (Fsp3) is 0.304. The summed E-state index contributed by atoms with van der Waals surface area (Å²) < 4.78 is 1.97. The van der Waals surface area contributed by atoms with Gasteiger partial charge in [-0.25, -0.2) is 0 Å². The van der Waals surface area contributed by atoms with Crippen molar-refractivity contribution < 1.29 is 9.59 Å². The van der Waals surface area contributed by atoms with Crippen LogP contribution in [0.3, 0.4) is 0 Å². The lowest BCUT2D eigenvalue weighted by Gasteiger charge is -2.10. The summed E-state index contributed by atoms with van der Waals surface area (Å²) in [6.07, 6.45) is 1.78. The molecule has 0 unspecified atom stereocenters. The summed E-state index contributed by atoms with van der Waals surface area (Å²) in [6, 6.07) is 6.32. The Morgan fingerprint density at radius 3 is 2.52 bits per heavy atom. The molecule has 2 aromatic heterocycles. The Hall–Kier alpha value is -2.86. The third-order valence-electron chi connectivity index (χ3n) is 5.39. The van der Waals surface area contributed by atoms with Gasteiger partial charge in [-0.3, -0.25) is 9.59 Å². The van der Waals surface area contributed by atoms with Gasteiger partial charge in [0.25, 0.3) is 11.8 Å². The van der Waals surface area contributed by atoms with Crippen molar-refractivity contribution in [1.82, 2.24) is 4.57 Å². The van der Waals surface area contributed by atoms with Gasteiger partial charge in [-0.05, 0) is 55.5 Å². The second-order valence-electron chi connectivity index (χ2n) is 7.61. The maximum absolute atomic E-state index is 13.3. The number of primary amides is 1. The lowest BCUT2D eigenvalue weighted by atomic mass is 10.0. The normalized spacial score (nSPS) is 11.2. The van der Waals surface area contributed by atoms with Crippen molar-refractivity contribution in [2.45, 2.75) is 47.1 Å². The van der Waals surface area contributed by atoms with E-state index in [9.17, 15) is 9.59 Å². The summed E-state index contributed by atoms with van der Waals surface area (Å²) >= 11 is 1.37. The Morgan fingerprint density at radius 1 is 1.24 bits per heavy atom. The highest BCUT2D eigenvalue weighted by Gasteiger charge is 2.24. The number of nitrogens with two attached hydrogens (primary N) is 1. The molecule has 0 aliphatic heterocycles. The van der Waals surface area contributed by atoms with Crippen molar-refractivity contribution in [2.24, 2.45) is 5.73 Å². The Morgan fingerprint density at radius 2 is 1.93 bits per heavy atom. The predicted octanol–water partition coefficient (Wildman–Crippen LogP) is 5.29. The minimum absolute atomic E-state index is 0.254. The van der Waals surface area contributed by atoms with Crippen LogP contribution in [0.2, 0.25) is 0 Å². The highest BCUT2D eigenvalue weighted by Crippen LogP contribution is 2.34. The van der Waals surface area contributed by atoms with Gasteiger partial charge in [-0.1, -0.05) is 26.0 Å². The van der Waals surface area contributed by atoms with Gasteiger partial charge < -0.3 is 15.6 Å². The zero-order valence-corrected chi connectivity index (χ0v) is 18.4. The molecule has 3 N–H and O–H groups in total. The van der Waals surface area contributed by atoms with Gasteiger partial charge in [0.1, 0.15) is 10.7 Å². The Bertz CT molecular complexity index is 1140. The zero-order chi connectivity index (χ0) is 21.5. The lowest BCUT2D eigenvalue weighted by Crippen LogP contribution is -2.20. The first kappa shape index (κ1) is 20.9. The highest BCUT2D eigenvalue weighted by molar-refractivity contribution is 7.16. The largest absolute Gasteiger partial charge is 0.365 e. The summed E-state index contributed by atoms with van der Waals surface area (Å²) in [5, 5.41) is 4.48. The van der Waals surface area contributed by atoms with E-state index in [4.69, 9.17) is 5.73 Å². The van der Waals surface area contributed by atoms with Crippen LogP contribution in [0, 0.1) is 20.8 Å². The third-order valence-corrected chi connectivity index (χ3v) is 6.52. The molecule has 0 saturated heterocycles. The number of thiophene rings is 1. The van der Waals surface area contributed by atoms with Crippen LogP contribution in [0.4, 0.5) is 5.00 Å². The molecule has 1 aromatic carbocycles. The van der Waals surface area contributed by atoms with Gasteiger partial charge in [-0.2, -0.15) is 0 Å². The number of fused-ring (bicyclic) bond motifs is 1. The monoisotopic (exact) mass is 409 g/mol. The standard InChI is InChI=1S/C23H27N3O2S/c1-7-10-26-18-9-8-16(12(2)3)11-17(18)14(5)20(26)22(28)25-23-19(21(24)27)13(4)15(6)29-23/h7-9,11-12H,1,10H2,2-6H3,(H2,24,27)(H,25,28). The second kappa shape index (κ2) is 7.87. The van der Waals surface area contributed by atoms with E-state index >= 15 is 0 Å². The van der Waals surface area contributed by atoms with Crippen molar-refractivity contribution in [3.8, 4) is 0 Å². The van der Waals surface area contributed by atoms with Gasteiger partial charge in [0.05, 0.1) is 5.56 Å². The molecule has 2 amide bonds. The Balaban J connectivity index is 2.14. The smallest absolute Gasteiger partial charge is 0.273 e. The molecule has 0 bridgehead atoms. The van der Waals surface area contributed by atoms with E-state index in [-0.39, 0.29) is 5.91 Å². The average molecular weight is 410 g/mol. The number of nitrogens with one attached hydrogen (secondary N) is 1. The molecule has 5 nitrogen and oxygen atoms in total. The summed E-state index contributed by atoms with van der Waals surface area (Å²) in [6.45, 7) is 14.4. The molecule has 0 saturated carbocycles. The molecule has 0 spiro atoms. The molecule has 0 aliphatic carbocycles. The molecular weight excluding hydrogens is 382 g/mol. The molecule has 0 fully saturated rings. The number of carbonyl (C=O) groups excluding carboxylic acids is 2. The third kappa shape index (κ3) is 3.60. The van der Waals surface area contributed by atoms with Crippen LogP contribution in [-0.4, -0.2) is 16.4 Å². The van der Waals surface area contributed by atoms with Gasteiger partial charge in [0.2, 0.25) is 0 Å². The van der Waals surface area contributed by atoms with E-state index in [1.54, 1.807) is 6.08 Å². The van der Waals surface area contributed by atoms with E-state index < -0.39 is 5.91 Å². The van der Waals surface area contributed by atoms with Crippen molar-refractivity contribution >= 4 is 39.1 Å². The van der Waals surface area contributed by atoms with Crippen LogP contribution in [0.15, 0.2) is 30.9 Å². The maximum atomic E-state index is 13.3. The van der Waals surface area contributed by atoms with Crippen molar-refractivity contribution in [2.75, 3.05) is 5.32 Å². The predicted molar refractivity (Wildman–Crippen MR) is 121 cm³/mol. The molecular formula is C23H27N3O2S. The van der Waals surface area contributed by atoms with E-state index in [1.165, 1.54) is 16.9 Å². The SMILES string of the molecule is C=CCn1c(C(=O)Nc2sc(C)c(C)c2C(N)=O)c(C)c2cc(C(C)C)ccc21. The first-order valence-electron chi connectivity index (χ1n) is 9.62. The lowest BCUT2D eigenvalue weighted by molar-refractivity contribution is 0.100. The summed E-state index contributed by atoms with van der Waals surface area (Å²) in [4.78, 5) is 26.2. The zero-order valence-electron chi connectivity index (χ0n) is 17.6. The molecule has 0 aliphatic rings. The van der Waals surface area contributed by atoms with E-state index in [2.05, 4.69) is 43.9 Å². The van der Waals surface area contributed by atoms with Gasteiger partial charge in [0.15, 0.2) is 0 Å². The van der Waals surface area contributed by atoms with E-state index in [0.29, 0.717) is 28.7 Å². The number of benzene rings is 1. The number of aryl methyl sites for hydroxylation is 2. The fourth-order valence-corrected chi connectivity index (χ4v) is 4.75. The summed E-state index contributed by atoms with van der Waals surface area (Å²) in [5.74, 6) is -0.392. The molecule has 2 heterocycles. The first-order valence-corrected chi connectivity index (χ1v) is 10.4. The quantitative estimate of drug-likeness (QED) is 0.543. The Labute approximate surface area is 175 Å². The molecule has 152 valence electrons. The minimum Gasteiger partial charge on any atom is -0.365 e. The van der Waals surface area contributed by atoms with Gasteiger partial charge in [-0.15, -0.1) is 17.9 Å². The number of nitrogens with zero attached hydrogens (tertiary/aromatic N) is 1. The number of anilines is 1. The average Bonchev–Trinajstić information content (AvgIpc) is 3.09. The van der Waals surface area contributed by atoms with Crippen LogP contribution in [0.5, 0.6) is 0 Å². The van der Waals surface area contributed by atoms with Crippen LogP contribution in [-0.2, 0) is 6.54 Å². The fourth-order valence-electron chi connectivity index (χ4n) is 3.68. The van der Waals surface area contributed by atoms with Crippen LogP contribution in [0.25, 0.3) is 10.9 Å². The van der Waals surface area contributed by atoms with Crippen molar-refractivity contribution in [1.29, 1.82) is 0 Å². The minimum atomic E-state index is -0.535. The molecule has 3 aromatic rings. The number of aromatic nitrogens is 1. The number of allylic oxidation sites excluding steroid dienone is 1. The molecule has 29 heavy (non-hydrogen) atoms. The maximum Gasteiger partial charge on any atom is 0.273 e. The van der Waals surface area contributed by atoms with Gasteiger partial charge in [0, 0.05) is 22.3 Å².